The molecule has 0 aliphatic carbocycles. The molecule has 0 saturated carbocycles. The number of aryl methyl sites for hydroxylation is 1. The van der Waals surface area contributed by atoms with E-state index in [2.05, 4.69) is 15.2 Å². The molecule has 134 valence electrons. The van der Waals surface area contributed by atoms with Crippen molar-refractivity contribution in [2.45, 2.75) is 24.9 Å². The summed E-state index contributed by atoms with van der Waals surface area (Å²) in [5.74, 6) is 2.65. The summed E-state index contributed by atoms with van der Waals surface area (Å²) in [5.41, 5.74) is 0.537. The molecule has 5 nitrogen and oxygen atoms in total. The first-order valence-electron chi connectivity index (χ1n) is 8.18. The van der Waals surface area contributed by atoms with Crippen LogP contribution in [0.2, 0.25) is 0 Å². The predicted molar refractivity (Wildman–Crippen MR) is 99.4 cm³/mol. The van der Waals surface area contributed by atoms with Crippen LogP contribution >= 0.6 is 11.8 Å². The number of benzene rings is 1. The number of hydrogen-bond acceptors (Lipinski definition) is 5. The highest BCUT2D eigenvalue weighted by atomic mass is 32.2. The maximum atomic E-state index is 12.9. The molecule has 0 amide bonds. The van der Waals surface area contributed by atoms with E-state index >= 15 is 0 Å². The predicted octanol–water partition coefficient (Wildman–Crippen LogP) is 4.77. The van der Waals surface area contributed by atoms with Crippen LogP contribution < -0.4 is 0 Å². The van der Waals surface area contributed by atoms with Crippen molar-refractivity contribution in [1.82, 2.24) is 15.2 Å². The maximum Gasteiger partial charge on any atom is 0.208 e. The van der Waals surface area contributed by atoms with E-state index in [1.165, 1.54) is 36.0 Å². The highest BCUT2D eigenvalue weighted by Gasteiger charge is 2.07. The molecule has 0 unspecified atom stereocenters. The molecule has 0 radical (unpaired) electrons. The lowest BCUT2D eigenvalue weighted by molar-refractivity contribution is 0.0982. The minimum absolute atomic E-state index is 0.0120. The van der Waals surface area contributed by atoms with E-state index in [1.54, 1.807) is 6.08 Å². The molecule has 0 fully saturated rings. The first-order chi connectivity index (χ1) is 12.6. The molecular weight excluding hydrogens is 353 g/mol. The van der Waals surface area contributed by atoms with Crippen LogP contribution in [0.4, 0.5) is 4.39 Å². The van der Waals surface area contributed by atoms with Crippen LogP contribution in [0.1, 0.15) is 40.5 Å². The first-order valence-corrected chi connectivity index (χ1v) is 9.17. The van der Waals surface area contributed by atoms with Crippen LogP contribution in [0, 0.1) is 12.7 Å². The van der Waals surface area contributed by atoms with Crippen molar-refractivity contribution >= 4 is 29.7 Å². The van der Waals surface area contributed by atoms with Gasteiger partial charge in [0, 0.05) is 17.7 Å². The third-order valence-corrected chi connectivity index (χ3v) is 4.53. The number of hydrogen-bond donors (Lipinski definition) is 1. The Hall–Kier alpha value is -2.67. The molecule has 0 spiro atoms. The number of carbonyl (C=O) groups is 1. The van der Waals surface area contributed by atoms with E-state index in [-0.39, 0.29) is 11.6 Å². The Morgan fingerprint density at radius 1 is 1.23 bits per heavy atom. The molecule has 0 aliphatic rings. The second-order valence-electron chi connectivity index (χ2n) is 5.67. The number of halogens is 1. The largest absolute Gasteiger partial charge is 0.462 e. The Balaban J connectivity index is 1.42. The fraction of sp³-hybridized carbons (Fsp3) is 0.211. The Labute approximate surface area is 154 Å². The van der Waals surface area contributed by atoms with Crippen LogP contribution in [0.3, 0.4) is 0 Å². The molecule has 1 N–H and O–H groups in total. The number of aromatic nitrogens is 3. The smallest absolute Gasteiger partial charge is 0.208 e. The third kappa shape index (κ3) is 5.16. The Bertz CT molecular complexity index is 900. The van der Waals surface area contributed by atoms with E-state index in [1.807, 2.05) is 25.1 Å². The lowest BCUT2D eigenvalue weighted by Crippen LogP contribution is -1.99. The van der Waals surface area contributed by atoms with Crippen molar-refractivity contribution < 1.29 is 13.6 Å². The fourth-order valence-corrected chi connectivity index (χ4v) is 3.02. The van der Waals surface area contributed by atoms with Crippen molar-refractivity contribution in [3.8, 4) is 0 Å². The molecule has 2 heterocycles. The summed E-state index contributed by atoms with van der Waals surface area (Å²) < 4.78 is 18.3. The van der Waals surface area contributed by atoms with Crippen molar-refractivity contribution in [2.75, 3.05) is 5.75 Å². The van der Waals surface area contributed by atoms with Gasteiger partial charge in [0.1, 0.15) is 23.2 Å². The topological polar surface area (TPSA) is 71.8 Å². The van der Waals surface area contributed by atoms with E-state index < -0.39 is 0 Å². The number of nitrogens with zero attached hydrogens (tertiary/aromatic N) is 2. The van der Waals surface area contributed by atoms with Gasteiger partial charge in [0.05, 0.1) is 0 Å². The molecular formula is C19H18FN3O2S. The van der Waals surface area contributed by atoms with E-state index in [0.29, 0.717) is 29.4 Å². The van der Waals surface area contributed by atoms with E-state index in [9.17, 15) is 9.18 Å². The highest BCUT2D eigenvalue weighted by molar-refractivity contribution is 7.99. The van der Waals surface area contributed by atoms with Gasteiger partial charge in [-0.15, -0.1) is 5.10 Å². The summed E-state index contributed by atoms with van der Waals surface area (Å²) in [5, 5.41) is 7.62. The number of thioether (sulfide) groups is 1. The summed E-state index contributed by atoms with van der Waals surface area (Å²) >= 11 is 1.48. The molecule has 0 bridgehead atoms. The van der Waals surface area contributed by atoms with Crippen molar-refractivity contribution in [1.29, 1.82) is 0 Å². The van der Waals surface area contributed by atoms with Crippen LogP contribution in [0.15, 0.2) is 46.0 Å². The summed E-state index contributed by atoms with van der Waals surface area (Å²) in [6.07, 6.45) is 4.73. The van der Waals surface area contributed by atoms with Gasteiger partial charge in [-0.3, -0.25) is 9.89 Å². The van der Waals surface area contributed by atoms with Crippen LogP contribution in [0.5, 0.6) is 0 Å². The average molecular weight is 371 g/mol. The van der Waals surface area contributed by atoms with Crippen LogP contribution in [0.25, 0.3) is 12.2 Å². The molecule has 3 aromatic rings. The van der Waals surface area contributed by atoms with E-state index in [4.69, 9.17) is 4.42 Å². The Morgan fingerprint density at radius 3 is 2.77 bits per heavy atom. The zero-order valence-corrected chi connectivity index (χ0v) is 15.1. The number of furan rings is 1. The average Bonchev–Trinajstić information content (AvgIpc) is 3.26. The SMILES string of the molecule is Cc1ccc(/C=C/c2nc(SCCCC(=O)c3ccc(F)cc3)n[nH]2)o1. The summed E-state index contributed by atoms with van der Waals surface area (Å²) in [7, 11) is 0. The quantitative estimate of drug-likeness (QED) is 0.351. The van der Waals surface area contributed by atoms with Crippen molar-refractivity contribution in [2.24, 2.45) is 0 Å². The fourth-order valence-electron chi connectivity index (χ4n) is 2.28. The molecule has 26 heavy (non-hydrogen) atoms. The molecule has 3 rings (SSSR count). The standard InChI is InChI=1S/C19H18FN3O2S/c1-13-4-9-16(25-13)10-11-18-21-19(23-22-18)26-12-2-3-17(24)14-5-7-15(20)8-6-14/h4-11H,2-3,12H2,1H3,(H,21,22,23)/b11-10+. The van der Waals surface area contributed by atoms with Crippen molar-refractivity contribution in [3.05, 3.63) is 65.1 Å². The van der Waals surface area contributed by atoms with Gasteiger partial charge < -0.3 is 4.42 Å². The Kier molecular flexibility index (Phi) is 6.01. The van der Waals surface area contributed by atoms with Gasteiger partial charge in [-0.2, -0.15) is 0 Å². The van der Waals surface area contributed by atoms with Gasteiger partial charge in [0.25, 0.3) is 0 Å². The molecule has 1 aromatic carbocycles. The molecule has 0 saturated heterocycles. The lowest BCUT2D eigenvalue weighted by atomic mass is 10.1. The third-order valence-electron chi connectivity index (χ3n) is 3.59. The molecule has 2 aromatic heterocycles. The summed E-state index contributed by atoms with van der Waals surface area (Å²) in [6.45, 7) is 1.89. The molecule has 7 heteroatoms. The second kappa shape index (κ2) is 8.62. The lowest BCUT2D eigenvalue weighted by Gasteiger charge is -2.00. The Morgan fingerprint density at radius 2 is 2.04 bits per heavy atom. The van der Waals surface area contributed by atoms with Crippen LogP contribution in [-0.4, -0.2) is 26.7 Å². The molecule has 0 atom stereocenters. The number of carbonyl (C=O) groups excluding carboxylic acids is 1. The van der Waals surface area contributed by atoms with Gasteiger partial charge in [-0.05, 0) is 61.9 Å². The zero-order valence-electron chi connectivity index (χ0n) is 14.2. The number of nitrogens with one attached hydrogen (secondary N) is 1. The second-order valence-corrected chi connectivity index (χ2v) is 6.73. The summed E-state index contributed by atoms with van der Waals surface area (Å²) in [4.78, 5) is 16.4. The number of rotatable bonds is 8. The minimum atomic E-state index is -0.339. The molecule has 0 aliphatic heterocycles. The maximum absolute atomic E-state index is 12.9. The highest BCUT2D eigenvalue weighted by Crippen LogP contribution is 2.17. The monoisotopic (exact) mass is 371 g/mol. The first kappa shape index (κ1) is 18.1. The number of H-pyrrole nitrogens is 1. The van der Waals surface area contributed by atoms with Gasteiger partial charge in [-0.25, -0.2) is 9.37 Å². The van der Waals surface area contributed by atoms with Crippen LogP contribution in [-0.2, 0) is 0 Å². The number of ketones is 1. The summed E-state index contributed by atoms with van der Waals surface area (Å²) in [6, 6.07) is 9.41. The van der Waals surface area contributed by atoms with Gasteiger partial charge in [0.2, 0.25) is 5.16 Å². The van der Waals surface area contributed by atoms with Crippen molar-refractivity contribution in [3.63, 3.8) is 0 Å². The number of aromatic amines is 1. The van der Waals surface area contributed by atoms with Gasteiger partial charge in [0.15, 0.2) is 5.78 Å². The normalized spacial score (nSPS) is 11.3. The van der Waals surface area contributed by atoms with E-state index in [0.717, 1.165) is 17.3 Å². The van der Waals surface area contributed by atoms with Gasteiger partial charge in [-0.1, -0.05) is 11.8 Å². The number of Topliss-reactive ketones (excluding diaryl/α,β-unsaturated/α-hetero) is 1. The zero-order chi connectivity index (χ0) is 18.4. The minimum Gasteiger partial charge on any atom is -0.462 e. The van der Waals surface area contributed by atoms with Gasteiger partial charge >= 0.3 is 0 Å².